The summed E-state index contributed by atoms with van der Waals surface area (Å²) in [6.45, 7) is 2.06. The van der Waals surface area contributed by atoms with Gasteiger partial charge in [0.2, 0.25) is 5.76 Å². The predicted octanol–water partition coefficient (Wildman–Crippen LogP) is 1.50. The molecule has 1 aromatic rings. The zero-order valence-electron chi connectivity index (χ0n) is 7.24. The molecular weight excluding hydrogens is 256 g/mol. The second-order valence-electron chi connectivity index (χ2n) is 2.31. The largest absolute Gasteiger partial charge is 0.492 e. The molecule has 0 aliphatic carbocycles. The lowest BCUT2D eigenvalue weighted by atomic mass is 10.4. The first-order valence-corrected chi connectivity index (χ1v) is 4.55. The van der Waals surface area contributed by atoms with Crippen LogP contribution in [-0.4, -0.2) is 17.7 Å². The molecular formula is C8H7BrO5. The molecule has 0 radical (unpaired) electrons. The quantitative estimate of drug-likeness (QED) is 0.894. The third kappa shape index (κ3) is 2.14. The van der Waals surface area contributed by atoms with Crippen molar-refractivity contribution in [3.8, 4) is 5.75 Å². The third-order valence-electron chi connectivity index (χ3n) is 1.37. The van der Waals surface area contributed by atoms with Crippen molar-refractivity contribution < 1.29 is 19.1 Å². The Morgan fingerprint density at radius 1 is 1.71 bits per heavy atom. The van der Waals surface area contributed by atoms with Gasteiger partial charge in [-0.2, -0.15) is 0 Å². The van der Waals surface area contributed by atoms with Gasteiger partial charge in [-0.05, 0) is 22.9 Å². The zero-order valence-corrected chi connectivity index (χ0v) is 8.83. The van der Waals surface area contributed by atoms with Gasteiger partial charge in [0, 0.05) is 6.07 Å². The van der Waals surface area contributed by atoms with E-state index in [1.165, 1.54) is 0 Å². The topological polar surface area (TPSA) is 76.7 Å². The summed E-state index contributed by atoms with van der Waals surface area (Å²) < 4.78 is 9.60. The standard InChI is InChI=1S/C8H7BrO5/c1-2-13-4-3-5(7(10)11)14-8(12)6(4)9/h3H,2H2,1H3,(H,10,11). The molecule has 1 N–H and O–H groups in total. The van der Waals surface area contributed by atoms with Crippen molar-refractivity contribution in [3.05, 3.63) is 26.7 Å². The van der Waals surface area contributed by atoms with E-state index in [1.54, 1.807) is 6.92 Å². The molecule has 0 bridgehead atoms. The van der Waals surface area contributed by atoms with Crippen LogP contribution in [0.5, 0.6) is 5.75 Å². The van der Waals surface area contributed by atoms with Gasteiger partial charge in [0.1, 0.15) is 10.2 Å². The molecule has 0 amide bonds. The van der Waals surface area contributed by atoms with E-state index in [9.17, 15) is 9.59 Å². The van der Waals surface area contributed by atoms with Crippen molar-refractivity contribution in [2.75, 3.05) is 6.61 Å². The molecule has 1 aromatic heterocycles. The predicted molar refractivity (Wildman–Crippen MR) is 50.8 cm³/mol. The summed E-state index contributed by atoms with van der Waals surface area (Å²) >= 11 is 2.94. The minimum atomic E-state index is -1.31. The lowest BCUT2D eigenvalue weighted by Crippen LogP contribution is -2.09. The highest BCUT2D eigenvalue weighted by Crippen LogP contribution is 2.22. The van der Waals surface area contributed by atoms with Crippen LogP contribution in [0.1, 0.15) is 17.5 Å². The second-order valence-corrected chi connectivity index (χ2v) is 3.11. The van der Waals surface area contributed by atoms with Gasteiger partial charge in [0.25, 0.3) is 0 Å². The fourth-order valence-corrected chi connectivity index (χ4v) is 1.13. The van der Waals surface area contributed by atoms with E-state index in [1.807, 2.05) is 0 Å². The Bertz CT molecular complexity index is 409. The summed E-state index contributed by atoms with van der Waals surface area (Å²) in [6.07, 6.45) is 0. The number of hydrogen-bond donors (Lipinski definition) is 1. The van der Waals surface area contributed by atoms with Gasteiger partial charge in [-0.3, -0.25) is 0 Å². The normalized spacial score (nSPS) is 9.86. The Balaban J connectivity index is 3.28. The van der Waals surface area contributed by atoms with Crippen molar-refractivity contribution in [2.45, 2.75) is 6.92 Å². The highest BCUT2D eigenvalue weighted by Gasteiger charge is 2.14. The third-order valence-corrected chi connectivity index (χ3v) is 2.09. The van der Waals surface area contributed by atoms with Crippen LogP contribution < -0.4 is 10.4 Å². The van der Waals surface area contributed by atoms with E-state index < -0.39 is 17.4 Å². The molecule has 0 aromatic carbocycles. The van der Waals surface area contributed by atoms with E-state index in [0.29, 0.717) is 6.61 Å². The average Bonchev–Trinajstić information content (AvgIpc) is 2.12. The number of carboxylic acids is 1. The maximum atomic E-state index is 11.1. The Morgan fingerprint density at radius 3 is 2.86 bits per heavy atom. The molecule has 0 spiro atoms. The Morgan fingerprint density at radius 2 is 2.36 bits per heavy atom. The molecule has 0 saturated heterocycles. The molecule has 1 heterocycles. The molecule has 76 valence electrons. The van der Waals surface area contributed by atoms with E-state index >= 15 is 0 Å². The minimum Gasteiger partial charge on any atom is -0.492 e. The van der Waals surface area contributed by atoms with Crippen molar-refractivity contribution in [3.63, 3.8) is 0 Å². The summed E-state index contributed by atoms with van der Waals surface area (Å²) in [5.41, 5.74) is -0.770. The van der Waals surface area contributed by atoms with E-state index in [4.69, 9.17) is 9.84 Å². The van der Waals surface area contributed by atoms with E-state index in [0.717, 1.165) is 6.07 Å². The molecule has 5 nitrogen and oxygen atoms in total. The Hall–Kier alpha value is -1.30. The SMILES string of the molecule is CCOc1cc(C(=O)O)oc(=O)c1Br. The first-order chi connectivity index (χ1) is 6.56. The number of rotatable bonds is 3. The molecule has 0 saturated carbocycles. The number of carbonyl (C=O) groups is 1. The lowest BCUT2D eigenvalue weighted by molar-refractivity contribution is 0.0655. The second kappa shape index (κ2) is 4.28. The lowest BCUT2D eigenvalue weighted by Gasteiger charge is -2.04. The first kappa shape index (κ1) is 10.8. The summed E-state index contributed by atoms with van der Waals surface area (Å²) in [7, 11) is 0. The number of halogens is 1. The smallest absolute Gasteiger partial charge is 0.372 e. The molecule has 0 aliphatic rings. The van der Waals surface area contributed by atoms with Crippen molar-refractivity contribution in [2.24, 2.45) is 0 Å². The monoisotopic (exact) mass is 262 g/mol. The van der Waals surface area contributed by atoms with Gasteiger partial charge in [-0.25, -0.2) is 9.59 Å². The number of carboxylic acid groups (broad SMARTS) is 1. The minimum absolute atomic E-state index is 0.0874. The maximum Gasteiger partial charge on any atom is 0.372 e. The van der Waals surface area contributed by atoms with Crippen molar-refractivity contribution >= 4 is 21.9 Å². The zero-order chi connectivity index (χ0) is 10.7. The van der Waals surface area contributed by atoms with Crippen LogP contribution in [-0.2, 0) is 0 Å². The fraction of sp³-hybridized carbons (Fsp3) is 0.250. The van der Waals surface area contributed by atoms with Crippen LogP contribution in [0, 0.1) is 0 Å². The number of ether oxygens (including phenoxy) is 1. The molecule has 0 aliphatic heterocycles. The maximum absolute atomic E-state index is 11.1. The van der Waals surface area contributed by atoms with Crippen LogP contribution >= 0.6 is 15.9 Å². The average molecular weight is 263 g/mol. The van der Waals surface area contributed by atoms with Gasteiger partial charge in [0.15, 0.2) is 0 Å². The molecule has 0 fully saturated rings. The molecule has 0 unspecified atom stereocenters. The van der Waals surface area contributed by atoms with Gasteiger partial charge in [0.05, 0.1) is 6.61 Å². The van der Waals surface area contributed by atoms with E-state index in [2.05, 4.69) is 20.3 Å². The first-order valence-electron chi connectivity index (χ1n) is 3.76. The van der Waals surface area contributed by atoms with E-state index in [-0.39, 0.29) is 10.2 Å². The van der Waals surface area contributed by atoms with Crippen LogP contribution in [0.4, 0.5) is 0 Å². The summed E-state index contributed by atoms with van der Waals surface area (Å²) in [4.78, 5) is 21.6. The summed E-state index contributed by atoms with van der Waals surface area (Å²) in [6, 6.07) is 1.15. The number of aromatic carboxylic acids is 1. The van der Waals surface area contributed by atoms with Gasteiger partial charge in [-0.15, -0.1) is 0 Å². The summed E-state index contributed by atoms with van der Waals surface area (Å²) in [5.74, 6) is -1.58. The van der Waals surface area contributed by atoms with Crippen LogP contribution in [0.25, 0.3) is 0 Å². The fourth-order valence-electron chi connectivity index (χ4n) is 0.823. The molecule has 1 rings (SSSR count). The Kier molecular flexibility index (Phi) is 3.29. The van der Waals surface area contributed by atoms with Crippen LogP contribution in [0.15, 0.2) is 19.8 Å². The van der Waals surface area contributed by atoms with Crippen molar-refractivity contribution in [1.82, 2.24) is 0 Å². The van der Waals surface area contributed by atoms with Gasteiger partial charge < -0.3 is 14.3 Å². The molecule has 0 atom stereocenters. The van der Waals surface area contributed by atoms with Crippen LogP contribution in [0.2, 0.25) is 0 Å². The van der Waals surface area contributed by atoms with Gasteiger partial charge in [-0.1, -0.05) is 0 Å². The van der Waals surface area contributed by atoms with Crippen LogP contribution in [0.3, 0.4) is 0 Å². The Labute approximate surface area is 87.4 Å². The molecule has 6 heteroatoms. The van der Waals surface area contributed by atoms with Crippen molar-refractivity contribution in [1.29, 1.82) is 0 Å². The molecule has 14 heavy (non-hydrogen) atoms. The highest BCUT2D eigenvalue weighted by molar-refractivity contribution is 9.10. The highest BCUT2D eigenvalue weighted by atomic mass is 79.9. The number of hydrogen-bond acceptors (Lipinski definition) is 4. The van der Waals surface area contributed by atoms with Gasteiger partial charge >= 0.3 is 11.6 Å². The summed E-state index contributed by atoms with van der Waals surface area (Å²) in [5, 5.41) is 8.59.